The molecule has 4 aromatic rings. The minimum atomic E-state index is -0.384. The van der Waals surface area contributed by atoms with Crippen molar-refractivity contribution in [3.8, 4) is 17.1 Å². The molecule has 1 heterocycles. The van der Waals surface area contributed by atoms with E-state index in [-0.39, 0.29) is 29.5 Å². The van der Waals surface area contributed by atoms with Crippen molar-refractivity contribution in [1.82, 2.24) is 0 Å². The highest BCUT2D eigenvalue weighted by Crippen LogP contribution is 2.33. The van der Waals surface area contributed by atoms with Gasteiger partial charge in [-0.05, 0) is 50.6 Å². The van der Waals surface area contributed by atoms with E-state index in [1.807, 2.05) is 57.2 Å². The Morgan fingerprint density at radius 1 is 0.969 bits per heavy atom. The first kappa shape index (κ1) is 21.7. The van der Waals surface area contributed by atoms with Crippen LogP contribution in [0.15, 0.2) is 69.9 Å². The lowest BCUT2D eigenvalue weighted by Crippen LogP contribution is -2.22. The molecule has 6 heteroatoms. The highest BCUT2D eigenvalue weighted by Gasteiger charge is 2.20. The second-order valence-corrected chi connectivity index (χ2v) is 8.16. The third kappa shape index (κ3) is 4.53. The van der Waals surface area contributed by atoms with Gasteiger partial charge in [0.2, 0.25) is 11.2 Å². The molecule has 5 nitrogen and oxygen atoms in total. The topological polar surface area (TPSA) is 68.5 Å². The van der Waals surface area contributed by atoms with Crippen LogP contribution in [0.25, 0.3) is 22.3 Å². The Bertz CT molecular complexity index is 1360. The molecule has 0 fully saturated rings. The molecule has 3 aromatic carbocycles. The summed E-state index contributed by atoms with van der Waals surface area (Å²) >= 11 is 6.23. The first-order chi connectivity index (χ1) is 15.3. The summed E-state index contributed by atoms with van der Waals surface area (Å²) in [5.41, 5.74) is 4.30. The number of rotatable bonds is 5. The van der Waals surface area contributed by atoms with Gasteiger partial charge in [-0.3, -0.25) is 9.59 Å². The maximum Gasteiger partial charge on any atom is 0.262 e. The van der Waals surface area contributed by atoms with Gasteiger partial charge in [0, 0.05) is 16.3 Å². The molecule has 0 aliphatic rings. The van der Waals surface area contributed by atoms with Gasteiger partial charge in [-0.25, -0.2) is 0 Å². The fraction of sp³-hybridized carbons (Fsp3) is 0.154. The highest BCUT2D eigenvalue weighted by atomic mass is 35.5. The lowest BCUT2D eigenvalue weighted by Gasteiger charge is -2.13. The van der Waals surface area contributed by atoms with E-state index in [4.69, 9.17) is 20.8 Å². The van der Waals surface area contributed by atoms with Gasteiger partial charge in [-0.15, -0.1) is 0 Å². The molecule has 0 aliphatic heterocycles. The highest BCUT2D eigenvalue weighted by molar-refractivity contribution is 6.32. The number of fused-ring (bicyclic) bond motifs is 1. The van der Waals surface area contributed by atoms with Gasteiger partial charge in [0.25, 0.3) is 5.91 Å². The lowest BCUT2D eigenvalue weighted by atomic mass is 10.1. The number of ether oxygens (including phenoxy) is 1. The predicted molar refractivity (Wildman–Crippen MR) is 128 cm³/mol. The summed E-state index contributed by atoms with van der Waals surface area (Å²) in [7, 11) is 0. The molecule has 32 heavy (non-hydrogen) atoms. The summed E-state index contributed by atoms with van der Waals surface area (Å²) in [6.07, 6.45) is 0. The van der Waals surface area contributed by atoms with Crippen molar-refractivity contribution in [3.05, 3.63) is 92.6 Å². The molecular formula is C26H22ClNO4. The third-order valence-corrected chi connectivity index (χ3v) is 5.53. The van der Waals surface area contributed by atoms with Crippen LogP contribution in [0.5, 0.6) is 5.75 Å². The van der Waals surface area contributed by atoms with Crippen LogP contribution in [0.3, 0.4) is 0 Å². The Morgan fingerprint density at radius 3 is 2.25 bits per heavy atom. The quantitative estimate of drug-likeness (QED) is 0.404. The number of amides is 1. The Morgan fingerprint density at radius 2 is 1.59 bits per heavy atom. The minimum Gasteiger partial charge on any atom is -0.476 e. The molecule has 0 aliphatic carbocycles. The molecule has 0 atom stereocenters. The van der Waals surface area contributed by atoms with E-state index in [1.54, 1.807) is 24.3 Å². The molecule has 0 radical (unpaired) electrons. The van der Waals surface area contributed by atoms with Gasteiger partial charge in [0.05, 0.1) is 5.39 Å². The molecule has 1 N–H and O–H groups in total. The van der Waals surface area contributed by atoms with Crippen molar-refractivity contribution < 1.29 is 13.9 Å². The Kier molecular flexibility index (Phi) is 6.01. The summed E-state index contributed by atoms with van der Waals surface area (Å²) in [4.78, 5) is 25.7. The average Bonchev–Trinajstić information content (AvgIpc) is 2.76. The number of anilines is 1. The largest absolute Gasteiger partial charge is 0.476 e. The summed E-state index contributed by atoms with van der Waals surface area (Å²) in [6.45, 7) is 5.43. The summed E-state index contributed by atoms with van der Waals surface area (Å²) in [6, 6.07) is 18.2. The lowest BCUT2D eigenvalue weighted by molar-refractivity contribution is -0.118. The maximum absolute atomic E-state index is 13.3. The zero-order chi connectivity index (χ0) is 22.8. The molecule has 0 bridgehead atoms. The van der Waals surface area contributed by atoms with E-state index in [1.165, 1.54) is 0 Å². The zero-order valence-electron chi connectivity index (χ0n) is 18.0. The molecular weight excluding hydrogens is 426 g/mol. The van der Waals surface area contributed by atoms with Crippen LogP contribution in [0.4, 0.5) is 5.69 Å². The number of carbonyl (C=O) groups excluding carboxylic acids is 1. The summed E-state index contributed by atoms with van der Waals surface area (Å²) in [5, 5.41) is 3.51. The van der Waals surface area contributed by atoms with Crippen molar-refractivity contribution in [1.29, 1.82) is 0 Å². The number of aryl methyl sites for hydroxylation is 3. The van der Waals surface area contributed by atoms with Gasteiger partial charge in [0.15, 0.2) is 12.4 Å². The second-order valence-electron chi connectivity index (χ2n) is 7.76. The Balaban J connectivity index is 1.71. The third-order valence-electron chi connectivity index (χ3n) is 5.13. The number of nitrogens with one attached hydrogen (secondary N) is 1. The molecule has 0 saturated heterocycles. The van der Waals surface area contributed by atoms with Gasteiger partial charge >= 0.3 is 0 Å². The molecule has 4 rings (SSSR count). The fourth-order valence-corrected chi connectivity index (χ4v) is 3.46. The van der Waals surface area contributed by atoms with Crippen molar-refractivity contribution in [2.45, 2.75) is 20.8 Å². The van der Waals surface area contributed by atoms with E-state index in [2.05, 4.69) is 5.32 Å². The van der Waals surface area contributed by atoms with E-state index in [0.29, 0.717) is 27.2 Å². The van der Waals surface area contributed by atoms with Crippen molar-refractivity contribution in [3.63, 3.8) is 0 Å². The minimum absolute atomic E-state index is 0.0275. The van der Waals surface area contributed by atoms with Gasteiger partial charge in [-0.1, -0.05) is 59.1 Å². The number of hydrogen-bond donors (Lipinski definition) is 1. The van der Waals surface area contributed by atoms with Gasteiger partial charge in [0.1, 0.15) is 5.58 Å². The van der Waals surface area contributed by atoms with E-state index < -0.39 is 0 Å². The first-order valence-electron chi connectivity index (χ1n) is 10.1. The molecule has 1 amide bonds. The monoisotopic (exact) mass is 447 g/mol. The number of benzene rings is 3. The van der Waals surface area contributed by atoms with E-state index in [9.17, 15) is 9.59 Å². The van der Waals surface area contributed by atoms with Crippen LogP contribution in [-0.2, 0) is 4.79 Å². The first-order valence-corrected chi connectivity index (χ1v) is 10.5. The zero-order valence-corrected chi connectivity index (χ0v) is 18.7. The smallest absolute Gasteiger partial charge is 0.262 e. The number of hydrogen-bond acceptors (Lipinski definition) is 4. The second kappa shape index (κ2) is 8.89. The predicted octanol–water partition coefficient (Wildman–Crippen LogP) is 6.06. The molecule has 0 spiro atoms. The van der Waals surface area contributed by atoms with Crippen LogP contribution in [0, 0.1) is 20.8 Å². The van der Waals surface area contributed by atoms with E-state index in [0.717, 1.165) is 16.7 Å². The maximum atomic E-state index is 13.3. The van der Waals surface area contributed by atoms with Crippen molar-refractivity contribution in [2.75, 3.05) is 11.9 Å². The fourth-order valence-electron chi connectivity index (χ4n) is 3.30. The van der Waals surface area contributed by atoms with Crippen molar-refractivity contribution in [2.24, 2.45) is 0 Å². The van der Waals surface area contributed by atoms with Crippen LogP contribution in [-0.4, -0.2) is 12.5 Å². The molecule has 0 unspecified atom stereocenters. The summed E-state index contributed by atoms with van der Waals surface area (Å²) in [5.74, 6) is -0.141. The van der Waals surface area contributed by atoms with Crippen LogP contribution in [0.1, 0.15) is 16.7 Å². The molecule has 1 aromatic heterocycles. The van der Waals surface area contributed by atoms with Crippen molar-refractivity contribution >= 4 is 34.2 Å². The van der Waals surface area contributed by atoms with Gasteiger partial charge < -0.3 is 14.5 Å². The van der Waals surface area contributed by atoms with E-state index >= 15 is 0 Å². The SMILES string of the molecule is Cc1ccc(NC(=O)COc2c(-c3ccc(C)cc3)oc3cc(C)c(Cl)cc3c2=O)cc1. The summed E-state index contributed by atoms with van der Waals surface area (Å²) < 4.78 is 11.8. The van der Waals surface area contributed by atoms with Crippen LogP contribution in [0.2, 0.25) is 5.02 Å². The number of carbonyl (C=O) groups is 1. The van der Waals surface area contributed by atoms with Gasteiger partial charge in [-0.2, -0.15) is 0 Å². The number of halogens is 1. The average molecular weight is 448 g/mol. The Hall–Kier alpha value is -3.57. The standard InChI is InChI=1S/C26H22ClNO4/c1-15-4-8-18(9-5-15)25-26(24(30)20-13-21(27)17(3)12-22(20)32-25)31-14-23(29)28-19-10-6-16(2)7-11-19/h4-13H,14H2,1-3H3,(H,28,29). The molecule has 0 saturated carbocycles. The van der Waals surface area contributed by atoms with Crippen LogP contribution >= 0.6 is 11.6 Å². The normalized spacial score (nSPS) is 10.9. The Labute approximate surface area is 190 Å². The van der Waals surface area contributed by atoms with Crippen LogP contribution < -0.4 is 15.5 Å². The molecule has 162 valence electrons.